The van der Waals surface area contributed by atoms with Gasteiger partial charge in [-0.25, -0.2) is 0 Å². The molecule has 0 saturated carbocycles. The number of hydrogen-bond acceptors (Lipinski definition) is 6. The largest absolute Gasteiger partial charge is 0.497 e. The van der Waals surface area contributed by atoms with Gasteiger partial charge in [0.2, 0.25) is 17.6 Å². The van der Waals surface area contributed by atoms with E-state index in [1.54, 1.807) is 32.4 Å². The highest BCUT2D eigenvalue weighted by molar-refractivity contribution is 5.78. The molecule has 0 atom stereocenters. The molecule has 0 aliphatic rings. The van der Waals surface area contributed by atoms with Crippen molar-refractivity contribution in [2.45, 2.75) is 26.8 Å². The molecule has 7 nitrogen and oxygen atoms in total. The summed E-state index contributed by atoms with van der Waals surface area (Å²) in [7, 11) is 3.15. The maximum Gasteiger partial charge on any atom is 0.246 e. The number of benzene rings is 2. The van der Waals surface area contributed by atoms with E-state index in [2.05, 4.69) is 15.5 Å². The Bertz CT molecular complexity index is 982. The van der Waals surface area contributed by atoms with E-state index in [9.17, 15) is 4.79 Å². The van der Waals surface area contributed by atoms with Gasteiger partial charge in [0.05, 0.1) is 32.7 Å². The lowest BCUT2D eigenvalue weighted by atomic mass is 10.0. The Morgan fingerprint density at radius 3 is 2.68 bits per heavy atom. The molecule has 0 fully saturated rings. The normalized spacial score (nSPS) is 10.6. The highest BCUT2D eigenvalue weighted by Gasteiger charge is 2.15. The molecule has 0 bridgehead atoms. The molecule has 1 heterocycles. The average Bonchev–Trinajstić information content (AvgIpc) is 3.17. The van der Waals surface area contributed by atoms with Gasteiger partial charge >= 0.3 is 0 Å². The zero-order chi connectivity index (χ0) is 20.1. The average molecular weight is 381 g/mol. The van der Waals surface area contributed by atoms with E-state index in [0.29, 0.717) is 35.2 Å². The van der Waals surface area contributed by atoms with Gasteiger partial charge < -0.3 is 19.3 Å². The van der Waals surface area contributed by atoms with Crippen LogP contribution in [0.2, 0.25) is 0 Å². The highest BCUT2D eigenvalue weighted by atomic mass is 16.5. The summed E-state index contributed by atoms with van der Waals surface area (Å²) in [6.45, 7) is 4.16. The Morgan fingerprint density at radius 1 is 1.11 bits per heavy atom. The van der Waals surface area contributed by atoms with E-state index in [-0.39, 0.29) is 12.5 Å². The van der Waals surface area contributed by atoms with Crippen LogP contribution in [-0.2, 0) is 17.8 Å². The minimum Gasteiger partial charge on any atom is -0.497 e. The van der Waals surface area contributed by atoms with Crippen molar-refractivity contribution in [1.29, 1.82) is 0 Å². The van der Waals surface area contributed by atoms with Gasteiger partial charge in [-0.15, -0.1) is 0 Å². The lowest BCUT2D eigenvalue weighted by Gasteiger charge is -2.07. The molecule has 0 aliphatic carbocycles. The van der Waals surface area contributed by atoms with Crippen LogP contribution in [0.5, 0.6) is 11.5 Å². The van der Waals surface area contributed by atoms with Crippen LogP contribution < -0.4 is 14.8 Å². The number of carbonyl (C=O) groups is 1. The number of aryl methyl sites for hydroxylation is 2. The molecule has 1 amide bonds. The summed E-state index contributed by atoms with van der Waals surface area (Å²) in [5.74, 6) is 1.85. The summed E-state index contributed by atoms with van der Waals surface area (Å²) in [5, 5.41) is 6.80. The maximum absolute atomic E-state index is 12.3. The highest BCUT2D eigenvalue weighted by Crippen LogP contribution is 2.31. The number of rotatable bonds is 7. The smallest absolute Gasteiger partial charge is 0.246 e. The third-order valence-electron chi connectivity index (χ3n) is 4.41. The van der Waals surface area contributed by atoms with Gasteiger partial charge in [0.15, 0.2) is 0 Å². The van der Waals surface area contributed by atoms with Crippen LogP contribution in [0.3, 0.4) is 0 Å². The molecular formula is C21H23N3O4. The fraction of sp³-hybridized carbons (Fsp3) is 0.286. The molecule has 0 spiro atoms. The summed E-state index contributed by atoms with van der Waals surface area (Å²) in [4.78, 5) is 16.6. The summed E-state index contributed by atoms with van der Waals surface area (Å²) in [6, 6.07) is 11.4. The molecule has 7 heteroatoms. The number of aromatic nitrogens is 2. The SMILES string of the molecule is COc1ccc(-c2noc(CNC(=O)Cc3cc(C)ccc3C)n2)c(OC)c1. The Labute approximate surface area is 163 Å². The van der Waals surface area contributed by atoms with E-state index < -0.39 is 0 Å². The zero-order valence-electron chi connectivity index (χ0n) is 16.4. The summed E-state index contributed by atoms with van der Waals surface area (Å²) in [5.41, 5.74) is 3.91. The van der Waals surface area contributed by atoms with Gasteiger partial charge in [-0.3, -0.25) is 4.79 Å². The Morgan fingerprint density at radius 2 is 1.93 bits per heavy atom. The van der Waals surface area contributed by atoms with E-state index >= 15 is 0 Å². The van der Waals surface area contributed by atoms with Crippen molar-refractivity contribution in [1.82, 2.24) is 15.5 Å². The predicted molar refractivity (Wildman–Crippen MR) is 104 cm³/mol. The number of methoxy groups -OCH3 is 2. The molecule has 2 aromatic carbocycles. The standard InChI is InChI=1S/C21H23N3O4/c1-13-5-6-14(2)15(9-13)10-19(25)22-12-20-23-21(24-28-20)17-8-7-16(26-3)11-18(17)27-4/h5-9,11H,10,12H2,1-4H3,(H,22,25). The van der Waals surface area contributed by atoms with Gasteiger partial charge in [-0.1, -0.05) is 28.9 Å². The van der Waals surface area contributed by atoms with Crippen LogP contribution in [-0.4, -0.2) is 30.3 Å². The molecule has 0 saturated heterocycles. The fourth-order valence-electron chi connectivity index (χ4n) is 2.82. The van der Waals surface area contributed by atoms with Gasteiger partial charge in [0.25, 0.3) is 0 Å². The van der Waals surface area contributed by atoms with Gasteiger partial charge in [0.1, 0.15) is 11.5 Å². The lowest BCUT2D eigenvalue weighted by Crippen LogP contribution is -2.25. The molecule has 0 radical (unpaired) electrons. The van der Waals surface area contributed by atoms with Crippen LogP contribution in [0.1, 0.15) is 22.6 Å². The van der Waals surface area contributed by atoms with Crippen LogP contribution in [0, 0.1) is 13.8 Å². The van der Waals surface area contributed by atoms with Crippen molar-refractivity contribution < 1.29 is 18.8 Å². The van der Waals surface area contributed by atoms with Crippen molar-refractivity contribution in [3.63, 3.8) is 0 Å². The van der Waals surface area contributed by atoms with Crippen LogP contribution in [0.4, 0.5) is 0 Å². The first kappa shape index (κ1) is 19.4. The molecule has 0 unspecified atom stereocenters. The third kappa shape index (κ3) is 4.49. The predicted octanol–water partition coefficient (Wildman–Crippen LogP) is 3.23. The van der Waals surface area contributed by atoms with Crippen molar-refractivity contribution in [2.75, 3.05) is 14.2 Å². The van der Waals surface area contributed by atoms with Crippen LogP contribution >= 0.6 is 0 Å². The topological polar surface area (TPSA) is 86.5 Å². The second-order valence-electron chi connectivity index (χ2n) is 6.46. The minimum atomic E-state index is -0.101. The monoisotopic (exact) mass is 381 g/mol. The molecule has 3 aromatic rings. The number of ether oxygens (including phenoxy) is 2. The van der Waals surface area contributed by atoms with Crippen LogP contribution in [0.25, 0.3) is 11.4 Å². The van der Waals surface area contributed by atoms with Crippen molar-refractivity contribution in [3.8, 4) is 22.9 Å². The second-order valence-corrected chi connectivity index (χ2v) is 6.46. The van der Waals surface area contributed by atoms with Crippen LogP contribution in [0.15, 0.2) is 40.9 Å². The molecule has 1 N–H and O–H groups in total. The third-order valence-corrected chi connectivity index (χ3v) is 4.41. The first-order valence-electron chi connectivity index (χ1n) is 8.88. The van der Waals surface area contributed by atoms with Gasteiger partial charge in [-0.2, -0.15) is 4.98 Å². The van der Waals surface area contributed by atoms with Crippen molar-refractivity contribution in [2.24, 2.45) is 0 Å². The summed E-state index contributed by atoms with van der Waals surface area (Å²) < 4.78 is 15.8. The number of hydrogen-bond donors (Lipinski definition) is 1. The Hall–Kier alpha value is -3.35. The molecule has 1 aromatic heterocycles. The first-order chi connectivity index (χ1) is 13.5. The summed E-state index contributed by atoms with van der Waals surface area (Å²) in [6.07, 6.45) is 0.306. The molecule has 28 heavy (non-hydrogen) atoms. The van der Waals surface area contributed by atoms with Crippen molar-refractivity contribution in [3.05, 3.63) is 59.0 Å². The molecule has 146 valence electrons. The number of nitrogens with zero attached hydrogens (tertiary/aromatic N) is 2. The second kappa shape index (κ2) is 8.56. The summed E-state index contributed by atoms with van der Waals surface area (Å²) >= 11 is 0. The molecular weight excluding hydrogens is 358 g/mol. The Balaban J connectivity index is 1.65. The first-order valence-corrected chi connectivity index (χ1v) is 8.88. The Kier molecular flexibility index (Phi) is 5.93. The quantitative estimate of drug-likeness (QED) is 0.676. The lowest BCUT2D eigenvalue weighted by molar-refractivity contribution is -0.120. The number of amides is 1. The minimum absolute atomic E-state index is 0.101. The van der Waals surface area contributed by atoms with E-state index in [0.717, 1.165) is 16.7 Å². The van der Waals surface area contributed by atoms with Gasteiger partial charge in [-0.05, 0) is 37.1 Å². The van der Waals surface area contributed by atoms with E-state index in [1.165, 1.54) is 0 Å². The fourth-order valence-corrected chi connectivity index (χ4v) is 2.82. The van der Waals surface area contributed by atoms with E-state index in [4.69, 9.17) is 14.0 Å². The van der Waals surface area contributed by atoms with E-state index in [1.807, 2.05) is 32.0 Å². The number of nitrogens with one attached hydrogen (secondary N) is 1. The molecule has 3 rings (SSSR count). The maximum atomic E-state index is 12.3. The number of carbonyl (C=O) groups excluding carboxylic acids is 1. The molecule has 0 aliphatic heterocycles. The zero-order valence-corrected chi connectivity index (χ0v) is 16.4. The van der Waals surface area contributed by atoms with Gasteiger partial charge in [0, 0.05) is 6.07 Å². The van der Waals surface area contributed by atoms with Crippen molar-refractivity contribution >= 4 is 5.91 Å².